The molecule has 0 aromatic heterocycles. The van der Waals surface area contributed by atoms with Gasteiger partial charge in [0.15, 0.2) is 23.3 Å². The first kappa shape index (κ1) is 26.8. The number of hydrogen-bond donors (Lipinski definition) is 0. The van der Waals surface area contributed by atoms with Gasteiger partial charge in [0.25, 0.3) is 0 Å². The first-order chi connectivity index (χ1) is 18.4. The predicted octanol–water partition coefficient (Wildman–Crippen LogP) is 8.75. The molecule has 3 nitrogen and oxygen atoms in total. The highest BCUT2D eigenvalue weighted by molar-refractivity contribution is 5.95. The van der Waals surface area contributed by atoms with E-state index >= 15 is 0 Å². The molecule has 2 bridgehead atoms. The van der Waals surface area contributed by atoms with Gasteiger partial charge in [-0.2, -0.15) is 0 Å². The normalized spacial score (nSPS) is 17.8. The second kappa shape index (κ2) is 11.1. The van der Waals surface area contributed by atoms with Crippen molar-refractivity contribution in [1.29, 1.82) is 0 Å². The van der Waals surface area contributed by atoms with Gasteiger partial charge in [0.1, 0.15) is 11.5 Å². The molecule has 2 unspecified atom stereocenters. The molecule has 0 N–H and O–H groups in total. The van der Waals surface area contributed by atoms with Crippen LogP contribution in [0.1, 0.15) is 99.6 Å². The molecule has 0 amide bonds. The summed E-state index contributed by atoms with van der Waals surface area (Å²) >= 11 is 0. The van der Waals surface area contributed by atoms with E-state index in [1.807, 2.05) is 24.3 Å². The Morgan fingerprint density at radius 1 is 0.632 bits per heavy atom. The van der Waals surface area contributed by atoms with Gasteiger partial charge in [-0.15, -0.1) is 0 Å². The Hall–Kier alpha value is -2.80. The second-order valence-corrected chi connectivity index (χ2v) is 10.5. The van der Waals surface area contributed by atoms with Crippen LogP contribution >= 0.6 is 0 Å². The molecule has 0 aliphatic carbocycles. The molecule has 204 valence electrons. The third kappa shape index (κ3) is 4.42. The molecule has 3 aromatic carbocycles. The first-order valence-corrected chi connectivity index (χ1v) is 13.8. The van der Waals surface area contributed by atoms with E-state index in [4.69, 9.17) is 9.47 Å². The van der Waals surface area contributed by atoms with Gasteiger partial charge in [-0.25, -0.2) is 17.6 Å². The van der Waals surface area contributed by atoms with Gasteiger partial charge in [-0.05, 0) is 55.3 Å². The Kier molecular flexibility index (Phi) is 7.85. The van der Waals surface area contributed by atoms with Crippen molar-refractivity contribution in [1.82, 2.24) is 4.90 Å². The number of nitrogens with zero attached hydrogens (tertiary/aromatic N) is 1. The Balaban J connectivity index is 1.56. The monoisotopic (exact) mass is 529 g/mol. The Morgan fingerprint density at radius 3 is 1.45 bits per heavy atom. The summed E-state index contributed by atoms with van der Waals surface area (Å²) in [5.41, 5.74) is 1.26. The van der Waals surface area contributed by atoms with Crippen LogP contribution in [0.25, 0.3) is 10.8 Å². The molecule has 0 spiro atoms. The number of fused-ring (bicyclic) bond motifs is 9. The molecule has 0 radical (unpaired) electrons. The van der Waals surface area contributed by atoms with Crippen molar-refractivity contribution in [3.8, 4) is 11.5 Å². The average Bonchev–Trinajstić information content (AvgIpc) is 3.37. The van der Waals surface area contributed by atoms with Crippen LogP contribution in [0.3, 0.4) is 0 Å². The molecular formula is C31H35F4NO2. The highest BCUT2D eigenvalue weighted by Crippen LogP contribution is 2.58. The molecule has 3 aromatic rings. The van der Waals surface area contributed by atoms with E-state index in [0.29, 0.717) is 24.7 Å². The van der Waals surface area contributed by atoms with E-state index in [9.17, 15) is 17.6 Å². The van der Waals surface area contributed by atoms with E-state index in [2.05, 4.69) is 13.8 Å². The predicted molar refractivity (Wildman–Crippen MR) is 141 cm³/mol. The molecule has 0 fully saturated rings. The number of ether oxygens (including phenoxy) is 2. The molecule has 0 saturated heterocycles. The zero-order valence-electron chi connectivity index (χ0n) is 22.3. The molecule has 2 aliphatic rings. The molecule has 7 heteroatoms. The second-order valence-electron chi connectivity index (χ2n) is 10.5. The minimum absolute atomic E-state index is 0.119. The average molecular weight is 530 g/mol. The van der Waals surface area contributed by atoms with E-state index in [1.54, 1.807) is 11.9 Å². The maximum absolute atomic E-state index is 15.0. The summed E-state index contributed by atoms with van der Waals surface area (Å²) in [6.45, 7) is 5.46. The van der Waals surface area contributed by atoms with Gasteiger partial charge in [0.05, 0.1) is 25.3 Å². The summed E-state index contributed by atoms with van der Waals surface area (Å²) in [5, 5.41) is 1.63. The topological polar surface area (TPSA) is 21.7 Å². The summed E-state index contributed by atoms with van der Waals surface area (Å²) < 4.78 is 70.7. The molecule has 0 saturated carbocycles. The summed E-state index contributed by atoms with van der Waals surface area (Å²) in [7, 11) is 1.73. The van der Waals surface area contributed by atoms with Crippen LogP contribution in [0.4, 0.5) is 17.6 Å². The molecule has 5 rings (SSSR count). The van der Waals surface area contributed by atoms with E-state index < -0.39 is 35.4 Å². The highest BCUT2D eigenvalue weighted by Gasteiger charge is 2.51. The first-order valence-electron chi connectivity index (χ1n) is 13.8. The van der Waals surface area contributed by atoms with Gasteiger partial charge in [0.2, 0.25) is 0 Å². The Bertz CT molecular complexity index is 1240. The smallest absolute Gasteiger partial charge is 0.197 e. The van der Waals surface area contributed by atoms with Crippen LogP contribution in [0.15, 0.2) is 24.3 Å². The minimum atomic E-state index is -1.76. The molecule has 2 heterocycles. The van der Waals surface area contributed by atoms with Crippen LogP contribution in [-0.4, -0.2) is 25.2 Å². The van der Waals surface area contributed by atoms with Crippen LogP contribution in [0.2, 0.25) is 0 Å². The van der Waals surface area contributed by atoms with E-state index in [0.717, 1.165) is 73.3 Å². The fraction of sp³-hybridized carbons (Fsp3) is 0.484. The van der Waals surface area contributed by atoms with Crippen molar-refractivity contribution < 1.29 is 27.0 Å². The summed E-state index contributed by atoms with van der Waals surface area (Å²) in [5.74, 6) is -4.78. The lowest BCUT2D eigenvalue weighted by Gasteiger charge is -2.21. The third-order valence-electron chi connectivity index (χ3n) is 7.94. The lowest BCUT2D eigenvalue weighted by molar-refractivity contribution is 0.291. The van der Waals surface area contributed by atoms with E-state index in [1.165, 1.54) is 0 Å². The maximum Gasteiger partial charge on any atom is 0.197 e. The highest BCUT2D eigenvalue weighted by atomic mass is 19.2. The number of halogens is 4. The van der Waals surface area contributed by atoms with Gasteiger partial charge in [-0.3, -0.25) is 4.90 Å². The maximum atomic E-state index is 15.0. The van der Waals surface area contributed by atoms with Crippen LogP contribution in [-0.2, 0) is 0 Å². The lowest BCUT2D eigenvalue weighted by atomic mass is 9.83. The molecule has 2 aliphatic heterocycles. The molecule has 2 atom stereocenters. The van der Waals surface area contributed by atoms with Gasteiger partial charge in [0, 0.05) is 21.9 Å². The third-order valence-corrected chi connectivity index (χ3v) is 7.94. The van der Waals surface area contributed by atoms with Gasteiger partial charge < -0.3 is 9.47 Å². The summed E-state index contributed by atoms with van der Waals surface area (Å²) in [6, 6.07) is 6.23. The van der Waals surface area contributed by atoms with E-state index in [-0.39, 0.29) is 11.1 Å². The number of hydrogen-bond acceptors (Lipinski definition) is 3. The summed E-state index contributed by atoms with van der Waals surface area (Å²) in [6.07, 6.45) is 8.62. The Morgan fingerprint density at radius 2 is 1.05 bits per heavy atom. The number of rotatable bonds is 12. The fourth-order valence-electron chi connectivity index (χ4n) is 6.03. The lowest BCUT2D eigenvalue weighted by Crippen LogP contribution is -2.14. The number of unbranched alkanes of at least 4 members (excludes halogenated alkanes) is 6. The van der Waals surface area contributed by atoms with Crippen molar-refractivity contribution >= 4 is 10.8 Å². The van der Waals surface area contributed by atoms with Crippen LogP contribution in [0.5, 0.6) is 11.5 Å². The SMILES string of the molecule is CCCCCCOc1ccc(OCCCCCC)c2cc3c(cc12)C1c2c(F)c(F)c(F)c(F)c2C3N1C. The van der Waals surface area contributed by atoms with Gasteiger partial charge in [-0.1, -0.05) is 52.4 Å². The van der Waals surface area contributed by atoms with Crippen molar-refractivity contribution in [3.05, 3.63) is 69.8 Å². The largest absolute Gasteiger partial charge is 0.493 e. The standard InChI is InChI=1S/C31H35F4NO2/c1-4-6-8-10-14-37-22-12-13-23(38-15-11-9-7-5-2)19-17-21-20(16-18(19)22)30-24-25(31(21)36(30)3)27(33)29(35)28(34)26(24)32/h12-13,16-17,30-31H,4-11,14-15H2,1-3H3. The summed E-state index contributed by atoms with van der Waals surface area (Å²) in [4.78, 5) is 1.77. The van der Waals surface area contributed by atoms with Crippen LogP contribution in [0, 0.1) is 23.3 Å². The van der Waals surface area contributed by atoms with Crippen molar-refractivity contribution in [2.24, 2.45) is 0 Å². The molecular weight excluding hydrogens is 494 g/mol. The zero-order valence-corrected chi connectivity index (χ0v) is 22.3. The fourth-order valence-corrected chi connectivity index (χ4v) is 6.03. The van der Waals surface area contributed by atoms with Gasteiger partial charge >= 0.3 is 0 Å². The minimum Gasteiger partial charge on any atom is -0.493 e. The molecule has 38 heavy (non-hydrogen) atoms. The number of benzene rings is 3. The van der Waals surface area contributed by atoms with Crippen molar-refractivity contribution in [3.63, 3.8) is 0 Å². The van der Waals surface area contributed by atoms with Crippen LogP contribution < -0.4 is 9.47 Å². The van der Waals surface area contributed by atoms with Crippen molar-refractivity contribution in [2.75, 3.05) is 20.3 Å². The zero-order chi connectivity index (χ0) is 27.0. The quantitative estimate of drug-likeness (QED) is 0.101. The Labute approximate surface area is 221 Å². The van der Waals surface area contributed by atoms with Crippen molar-refractivity contribution in [2.45, 2.75) is 77.3 Å².